The van der Waals surface area contributed by atoms with Crippen molar-refractivity contribution in [3.63, 3.8) is 0 Å². The van der Waals surface area contributed by atoms with Crippen LogP contribution in [-0.4, -0.2) is 45.7 Å². The van der Waals surface area contributed by atoms with E-state index in [2.05, 4.69) is 4.98 Å². The van der Waals surface area contributed by atoms with E-state index in [1.807, 2.05) is 0 Å². The number of hydrogen-bond acceptors (Lipinski definition) is 7. The normalized spacial score (nSPS) is 11.2. The Balaban J connectivity index is 2.48. The molecule has 0 spiro atoms. The minimum Gasteiger partial charge on any atom is -0.480 e. The van der Waals surface area contributed by atoms with Crippen molar-refractivity contribution >= 4 is 33.4 Å². The van der Waals surface area contributed by atoms with E-state index in [4.69, 9.17) is 10.2 Å². The Kier molecular flexibility index (Phi) is 5.80. The molecule has 0 saturated carbocycles. The molecule has 0 fully saturated rings. The molecular formula is C12H17N3O6S. The van der Waals surface area contributed by atoms with Crippen LogP contribution in [0.1, 0.15) is 26.2 Å². The number of hydrogen-bond donors (Lipinski definition) is 2. The number of carbonyl (C=O) groups is 2. The molecule has 1 rings (SSSR count). The van der Waals surface area contributed by atoms with Gasteiger partial charge >= 0.3 is 16.9 Å². The lowest BCUT2D eigenvalue weighted by atomic mass is 9.85. The zero-order valence-corrected chi connectivity index (χ0v) is 13.0. The molecule has 0 amide bonds. The summed E-state index contributed by atoms with van der Waals surface area (Å²) in [6.07, 6.45) is 2.17. The first-order chi connectivity index (χ1) is 10.2. The maximum atomic E-state index is 11.0. The molecule has 0 radical (unpaired) electrons. The Morgan fingerprint density at radius 2 is 2.00 bits per heavy atom. The van der Waals surface area contributed by atoms with Crippen LogP contribution < -0.4 is 4.90 Å². The molecule has 122 valence electrons. The van der Waals surface area contributed by atoms with Gasteiger partial charge in [0.15, 0.2) is 10.5 Å². The number of aromatic nitrogens is 1. The number of nitrogens with zero attached hydrogens (tertiary/aromatic N) is 3. The molecule has 0 unspecified atom stereocenters. The quantitative estimate of drug-likeness (QED) is 0.303. The Labute approximate surface area is 130 Å². The molecule has 22 heavy (non-hydrogen) atoms. The predicted octanol–water partition coefficient (Wildman–Crippen LogP) is 1.83. The van der Waals surface area contributed by atoms with Gasteiger partial charge in [-0.3, -0.25) is 19.7 Å². The highest BCUT2D eigenvalue weighted by Gasteiger charge is 2.40. The fourth-order valence-electron chi connectivity index (χ4n) is 1.75. The summed E-state index contributed by atoms with van der Waals surface area (Å²) in [5.41, 5.74) is -1.79. The van der Waals surface area contributed by atoms with Crippen LogP contribution in [-0.2, 0) is 9.59 Å². The molecule has 0 aliphatic rings. The molecule has 0 bridgehead atoms. The van der Waals surface area contributed by atoms with Crippen LogP contribution in [0.25, 0.3) is 0 Å². The van der Waals surface area contributed by atoms with Crippen LogP contribution in [0.15, 0.2) is 6.20 Å². The molecule has 1 aromatic heterocycles. The first kappa shape index (κ1) is 17.8. The molecule has 1 heterocycles. The smallest absolute Gasteiger partial charge is 0.345 e. The lowest BCUT2D eigenvalue weighted by molar-refractivity contribution is -0.380. The van der Waals surface area contributed by atoms with Gasteiger partial charge < -0.3 is 15.1 Å². The standard InChI is InChI=1S/C12H17N3O6S/c1-12(9(16)17,10(18)19)5-3-4-6-14(2)11-13-7-8(22-11)15(20)21/h7H,3-6H2,1-2H3,(H,16,17)(H,18,19). The highest BCUT2D eigenvalue weighted by Crippen LogP contribution is 2.28. The number of carboxylic acids is 2. The molecule has 0 aliphatic carbocycles. The fourth-order valence-corrected chi connectivity index (χ4v) is 2.47. The van der Waals surface area contributed by atoms with E-state index in [1.54, 1.807) is 11.9 Å². The number of aliphatic carboxylic acids is 2. The maximum absolute atomic E-state index is 11.0. The van der Waals surface area contributed by atoms with Gasteiger partial charge in [-0.25, -0.2) is 4.98 Å². The summed E-state index contributed by atoms with van der Waals surface area (Å²) in [4.78, 5) is 37.8. The zero-order chi connectivity index (χ0) is 16.9. The minimum absolute atomic E-state index is 0.0174. The number of anilines is 1. The van der Waals surface area contributed by atoms with Gasteiger partial charge in [-0.15, -0.1) is 0 Å². The Hall–Kier alpha value is -2.23. The van der Waals surface area contributed by atoms with Crippen LogP contribution in [0, 0.1) is 15.5 Å². The van der Waals surface area contributed by atoms with Crippen LogP contribution in [0.4, 0.5) is 10.1 Å². The second-order valence-electron chi connectivity index (χ2n) is 5.06. The van der Waals surface area contributed by atoms with Gasteiger partial charge in [0.05, 0.1) is 4.92 Å². The molecular weight excluding hydrogens is 314 g/mol. The highest BCUT2D eigenvalue weighted by molar-refractivity contribution is 7.18. The lowest BCUT2D eigenvalue weighted by Crippen LogP contribution is -2.36. The second kappa shape index (κ2) is 7.16. The van der Waals surface area contributed by atoms with Gasteiger partial charge in [-0.05, 0) is 37.5 Å². The lowest BCUT2D eigenvalue weighted by Gasteiger charge is -2.20. The van der Waals surface area contributed by atoms with Crippen molar-refractivity contribution in [2.24, 2.45) is 5.41 Å². The van der Waals surface area contributed by atoms with Crippen molar-refractivity contribution in [2.45, 2.75) is 26.2 Å². The molecule has 0 aliphatic heterocycles. The third-order valence-corrected chi connectivity index (χ3v) is 4.42. The van der Waals surface area contributed by atoms with Crippen molar-refractivity contribution in [3.05, 3.63) is 16.3 Å². The minimum atomic E-state index is -1.79. The molecule has 0 atom stereocenters. The third-order valence-electron chi connectivity index (χ3n) is 3.35. The van der Waals surface area contributed by atoms with Crippen molar-refractivity contribution in [1.29, 1.82) is 0 Å². The summed E-state index contributed by atoms with van der Waals surface area (Å²) in [6.45, 7) is 1.69. The van der Waals surface area contributed by atoms with Crippen LogP contribution >= 0.6 is 11.3 Å². The van der Waals surface area contributed by atoms with E-state index in [9.17, 15) is 19.7 Å². The number of unbranched alkanes of at least 4 members (excludes halogenated alkanes) is 1. The van der Waals surface area contributed by atoms with Crippen molar-refractivity contribution in [3.8, 4) is 0 Å². The van der Waals surface area contributed by atoms with E-state index in [1.165, 1.54) is 13.1 Å². The van der Waals surface area contributed by atoms with Gasteiger partial charge in [0.25, 0.3) is 0 Å². The first-order valence-electron chi connectivity index (χ1n) is 6.46. The number of thiazole rings is 1. The number of rotatable bonds is 9. The van der Waals surface area contributed by atoms with Crippen LogP contribution in [0.2, 0.25) is 0 Å². The van der Waals surface area contributed by atoms with Gasteiger partial charge in [-0.1, -0.05) is 0 Å². The Morgan fingerprint density at radius 3 is 2.45 bits per heavy atom. The Bertz CT molecular complexity index is 559. The molecule has 10 heteroatoms. The molecule has 9 nitrogen and oxygen atoms in total. The topological polar surface area (TPSA) is 134 Å². The van der Waals surface area contributed by atoms with E-state index in [0.717, 1.165) is 11.3 Å². The SMILES string of the molecule is CN(CCCCC(C)(C(=O)O)C(=O)O)c1ncc([N+](=O)[O-])s1. The van der Waals surface area contributed by atoms with Crippen LogP contribution in [0.3, 0.4) is 0 Å². The monoisotopic (exact) mass is 331 g/mol. The van der Waals surface area contributed by atoms with Crippen molar-refractivity contribution < 1.29 is 24.7 Å². The fraction of sp³-hybridized carbons (Fsp3) is 0.583. The number of carboxylic acid groups (broad SMARTS) is 2. The van der Waals surface area contributed by atoms with Gasteiger partial charge in [0.2, 0.25) is 0 Å². The van der Waals surface area contributed by atoms with Crippen molar-refractivity contribution in [1.82, 2.24) is 4.98 Å². The van der Waals surface area contributed by atoms with Crippen molar-refractivity contribution in [2.75, 3.05) is 18.5 Å². The molecule has 0 aromatic carbocycles. The average Bonchev–Trinajstić information content (AvgIpc) is 2.92. The summed E-state index contributed by atoms with van der Waals surface area (Å²) in [7, 11) is 1.72. The summed E-state index contributed by atoms with van der Waals surface area (Å²) < 4.78 is 0. The molecule has 1 aromatic rings. The average molecular weight is 331 g/mol. The van der Waals surface area contributed by atoms with Gasteiger partial charge in [0, 0.05) is 13.6 Å². The molecule has 2 N–H and O–H groups in total. The second-order valence-corrected chi connectivity index (χ2v) is 6.05. The summed E-state index contributed by atoms with van der Waals surface area (Å²) in [6, 6.07) is 0. The van der Waals surface area contributed by atoms with E-state index < -0.39 is 22.3 Å². The summed E-state index contributed by atoms with van der Waals surface area (Å²) >= 11 is 0.950. The number of nitro groups is 1. The first-order valence-corrected chi connectivity index (χ1v) is 7.28. The van der Waals surface area contributed by atoms with Gasteiger partial charge in [0.1, 0.15) is 6.20 Å². The summed E-state index contributed by atoms with van der Waals surface area (Å²) in [5, 5.41) is 29.0. The maximum Gasteiger partial charge on any atom is 0.345 e. The van der Waals surface area contributed by atoms with Crippen LogP contribution in [0.5, 0.6) is 0 Å². The van der Waals surface area contributed by atoms with E-state index in [-0.39, 0.29) is 11.4 Å². The van der Waals surface area contributed by atoms with E-state index in [0.29, 0.717) is 24.5 Å². The largest absolute Gasteiger partial charge is 0.480 e. The molecule has 0 saturated heterocycles. The zero-order valence-electron chi connectivity index (χ0n) is 12.2. The predicted molar refractivity (Wildman–Crippen MR) is 79.3 cm³/mol. The van der Waals surface area contributed by atoms with Gasteiger partial charge in [-0.2, -0.15) is 0 Å². The Morgan fingerprint density at radius 1 is 1.41 bits per heavy atom. The summed E-state index contributed by atoms with van der Waals surface area (Å²) in [5.74, 6) is -2.71. The van der Waals surface area contributed by atoms with E-state index >= 15 is 0 Å². The highest BCUT2D eigenvalue weighted by atomic mass is 32.1. The third kappa shape index (κ3) is 4.13.